The highest BCUT2D eigenvalue weighted by Gasteiger charge is 2.10. The predicted octanol–water partition coefficient (Wildman–Crippen LogP) is 3.74. The number of nitrogens with one attached hydrogen (secondary N) is 1. The lowest BCUT2D eigenvalue weighted by Crippen LogP contribution is -2.19. The number of aromatic nitrogens is 3. The predicted molar refractivity (Wildman–Crippen MR) is 113 cm³/mol. The summed E-state index contributed by atoms with van der Waals surface area (Å²) in [5.74, 6) is 0.0138. The minimum Gasteiger partial charge on any atom is -0.318 e. The maximum Gasteiger partial charge on any atom is 0.250 e. The van der Waals surface area contributed by atoms with Crippen molar-refractivity contribution < 1.29 is 4.79 Å². The zero-order valence-corrected chi connectivity index (χ0v) is 17.2. The van der Waals surface area contributed by atoms with Crippen molar-refractivity contribution in [1.82, 2.24) is 20.0 Å². The number of amides is 1. The van der Waals surface area contributed by atoms with E-state index in [0.717, 1.165) is 22.6 Å². The van der Waals surface area contributed by atoms with Crippen molar-refractivity contribution >= 4 is 23.9 Å². The third-order valence-corrected chi connectivity index (χ3v) is 5.36. The molecule has 144 valence electrons. The average molecular weight is 394 g/mol. The molecule has 1 aromatic carbocycles. The first-order chi connectivity index (χ1) is 13.5. The molecule has 6 nitrogen and oxygen atoms in total. The maximum atomic E-state index is 11.9. The highest BCUT2D eigenvalue weighted by Crippen LogP contribution is 2.21. The van der Waals surface area contributed by atoms with E-state index < -0.39 is 0 Å². The Kier molecular flexibility index (Phi) is 6.26. The molecule has 1 N–H and O–H groups in total. The van der Waals surface area contributed by atoms with Crippen LogP contribution in [0.25, 0.3) is 5.69 Å². The van der Waals surface area contributed by atoms with Crippen LogP contribution in [-0.4, -0.2) is 32.4 Å². The Balaban J connectivity index is 1.66. The van der Waals surface area contributed by atoms with Gasteiger partial charge in [0, 0.05) is 35.0 Å². The van der Waals surface area contributed by atoms with Gasteiger partial charge in [-0.3, -0.25) is 4.79 Å². The van der Waals surface area contributed by atoms with Crippen LogP contribution in [0.5, 0.6) is 0 Å². The van der Waals surface area contributed by atoms with Gasteiger partial charge in [-0.05, 0) is 63.1 Å². The number of carbonyl (C=O) groups is 1. The van der Waals surface area contributed by atoms with Crippen molar-refractivity contribution in [1.29, 1.82) is 0 Å². The summed E-state index contributed by atoms with van der Waals surface area (Å²) in [5.41, 5.74) is 9.37. The zero-order valence-electron chi connectivity index (χ0n) is 16.4. The molecule has 3 aromatic rings. The minimum atomic E-state index is -0.198. The van der Waals surface area contributed by atoms with E-state index in [9.17, 15) is 4.79 Å². The van der Waals surface area contributed by atoms with Gasteiger partial charge in [0.15, 0.2) is 5.16 Å². The molecule has 0 saturated carbocycles. The van der Waals surface area contributed by atoms with Crippen molar-refractivity contribution in [2.75, 3.05) is 5.75 Å². The van der Waals surface area contributed by atoms with Crippen LogP contribution in [0.3, 0.4) is 0 Å². The van der Waals surface area contributed by atoms with E-state index >= 15 is 0 Å². The van der Waals surface area contributed by atoms with Gasteiger partial charge in [-0.1, -0.05) is 17.8 Å². The molecule has 0 unspecified atom stereocenters. The second-order valence-corrected chi connectivity index (χ2v) is 7.49. The van der Waals surface area contributed by atoms with Crippen LogP contribution in [0.4, 0.5) is 0 Å². The lowest BCUT2D eigenvalue weighted by atomic mass is 10.1. The maximum absolute atomic E-state index is 11.9. The average Bonchev–Trinajstić information content (AvgIpc) is 2.97. The highest BCUT2D eigenvalue weighted by atomic mass is 32.2. The van der Waals surface area contributed by atoms with E-state index in [1.54, 1.807) is 24.7 Å². The third-order valence-electron chi connectivity index (χ3n) is 4.49. The molecule has 3 rings (SSSR count). The molecule has 0 spiro atoms. The smallest absolute Gasteiger partial charge is 0.250 e. The molecule has 0 aliphatic carbocycles. The van der Waals surface area contributed by atoms with E-state index in [0.29, 0.717) is 5.16 Å². The van der Waals surface area contributed by atoms with Crippen LogP contribution in [0.2, 0.25) is 0 Å². The Bertz CT molecular complexity index is 1010. The summed E-state index contributed by atoms with van der Waals surface area (Å²) in [4.78, 5) is 20.1. The van der Waals surface area contributed by atoms with Gasteiger partial charge in [-0.15, -0.1) is 0 Å². The molecule has 2 aromatic heterocycles. The number of carbonyl (C=O) groups excluding carboxylic acids is 1. The van der Waals surface area contributed by atoms with Crippen LogP contribution >= 0.6 is 11.8 Å². The van der Waals surface area contributed by atoms with E-state index in [2.05, 4.69) is 70.1 Å². The summed E-state index contributed by atoms with van der Waals surface area (Å²) < 4.78 is 2.19. The van der Waals surface area contributed by atoms with Crippen molar-refractivity contribution in [3.63, 3.8) is 0 Å². The molecule has 2 heterocycles. The van der Waals surface area contributed by atoms with E-state index in [4.69, 9.17) is 0 Å². The normalized spacial score (nSPS) is 11.1. The van der Waals surface area contributed by atoms with Gasteiger partial charge in [0.25, 0.3) is 5.91 Å². The number of aryl methyl sites for hydroxylation is 3. The summed E-state index contributed by atoms with van der Waals surface area (Å²) in [6.45, 7) is 8.34. The molecule has 0 saturated heterocycles. The van der Waals surface area contributed by atoms with Crippen molar-refractivity contribution in [3.05, 3.63) is 70.8 Å². The quantitative estimate of drug-likeness (QED) is 0.300. The Labute approximate surface area is 169 Å². The Hall–Kier alpha value is -2.93. The number of benzene rings is 1. The first-order valence-corrected chi connectivity index (χ1v) is 9.92. The van der Waals surface area contributed by atoms with Gasteiger partial charge in [-0.2, -0.15) is 5.10 Å². The second kappa shape index (κ2) is 8.84. The fourth-order valence-corrected chi connectivity index (χ4v) is 3.47. The van der Waals surface area contributed by atoms with Crippen LogP contribution in [0.1, 0.15) is 28.1 Å². The summed E-state index contributed by atoms with van der Waals surface area (Å²) >= 11 is 1.27. The lowest BCUT2D eigenvalue weighted by Gasteiger charge is -2.11. The number of hydrazone groups is 1. The Morgan fingerprint density at radius 2 is 1.89 bits per heavy atom. The molecule has 0 aliphatic rings. The lowest BCUT2D eigenvalue weighted by molar-refractivity contribution is -0.118. The van der Waals surface area contributed by atoms with Crippen LogP contribution in [0.15, 0.2) is 53.0 Å². The summed E-state index contributed by atoms with van der Waals surface area (Å²) in [5, 5.41) is 4.67. The number of rotatable bonds is 6. The van der Waals surface area contributed by atoms with Gasteiger partial charge in [0.2, 0.25) is 0 Å². The van der Waals surface area contributed by atoms with Crippen LogP contribution in [-0.2, 0) is 4.79 Å². The summed E-state index contributed by atoms with van der Waals surface area (Å²) in [6.07, 6.45) is 4.98. The fraction of sp³-hybridized carbons (Fsp3) is 0.238. The molecule has 0 aliphatic heterocycles. The van der Waals surface area contributed by atoms with E-state index in [1.807, 2.05) is 6.92 Å². The zero-order chi connectivity index (χ0) is 20.1. The molecule has 0 atom stereocenters. The molecule has 7 heteroatoms. The molecule has 0 bridgehead atoms. The monoisotopic (exact) mass is 393 g/mol. The molecule has 0 fully saturated rings. The fourth-order valence-electron chi connectivity index (χ4n) is 2.88. The first-order valence-electron chi connectivity index (χ1n) is 8.94. The molecular formula is C21H23N5OS. The molecule has 28 heavy (non-hydrogen) atoms. The van der Waals surface area contributed by atoms with E-state index in [1.165, 1.54) is 22.9 Å². The van der Waals surface area contributed by atoms with Crippen molar-refractivity contribution in [2.45, 2.75) is 32.9 Å². The van der Waals surface area contributed by atoms with Gasteiger partial charge in [0.1, 0.15) is 0 Å². The SMILES string of the molecule is Cc1ccc(-n2c(C)cc(/C=N/NC(=O)CSc3ncccn3)c2C)cc1C. The standard InChI is InChI=1S/C21H23N5OS/c1-14-6-7-19(10-15(14)2)26-16(3)11-18(17(26)4)12-24-25-20(27)13-28-21-22-8-5-9-23-21/h5-12H,13H2,1-4H3,(H,25,27)/b24-12+. The Morgan fingerprint density at radius 3 is 2.61 bits per heavy atom. The van der Waals surface area contributed by atoms with Gasteiger partial charge in [0.05, 0.1) is 12.0 Å². The molecular weight excluding hydrogens is 370 g/mol. The van der Waals surface area contributed by atoms with Gasteiger partial charge >= 0.3 is 0 Å². The van der Waals surface area contributed by atoms with Gasteiger partial charge in [-0.25, -0.2) is 15.4 Å². The number of thioether (sulfide) groups is 1. The minimum absolute atomic E-state index is 0.198. The number of hydrogen-bond acceptors (Lipinski definition) is 5. The Morgan fingerprint density at radius 1 is 1.14 bits per heavy atom. The van der Waals surface area contributed by atoms with E-state index in [-0.39, 0.29) is 11.7 Å². The first kappa shape index (κ1) is 19.8. The van der Waals surface area contributed by atoms with Crippen molar-refractivity contribution in [2.24, 2.45) is 5.10 Å². The number of hydrogen-bond donors (Lipinski definition) is 1. The summed E-state index contributed by atoms with van der Waals surface area (Å²) in [6, 6.07) is 10.2. The topological polar surface area (TPSA) is 72.2 Å². The largest absolute Gasteiger partial charge is 0.318 e. The molecule has 1 amide bonds. The third kappa shape index (κ3) is 4.67. The summed E-state index contributed by atoms with van der Waals surface area (Å²) in [7, 11) is 0. The van der Waals surface area contributed by atoms with Gasteiger partial charge < -0.3 is 4.57 Å². The number of nitrogens with zero attached hydrogens (tertiary/aromatic N) is 4. The highest BCUT2D eigenvalue weighted by molar-refractivity contribution is 7.99. The van der Waals surface area contributed by atoms with Crippen LogP contribution < -0.4 is 5.43 Å². The van der Waals surface area contributed by atoms with Crippen molar-refractivity contribution in [3.8, 4) is 5.69 Å². The molecule has 0 radical (unpaired) electrons. The second-order valence-electron chi connectivity index (χ2n) is 6.54. The van der Waals surface area contributed by atoms with Crippen LogP contribution in [0, 0.1) is 27.7 Å².